The molecule has 2 aromatic rings. The number of nitrogens with one attached hydrogen (secondary N) is 1. The summed E-state index contributed by atoms with van der Waals surface area (Å²) in [5.41, 5.74) is 2.04. The van der Waals surface area contributed by atoms with Crippen molar-refractivity contribution in [2.75, 3.05) is 5.32 Å². The van der Waals surface area contributed by atoms with Crippen LogP contribution >= 0.6 is 0 Å². The summed E-state index contributed by atoms with van der Waals surface area (Å²) in [7, 11) is 0. The molecule has 24 heavy (non-hydrogen) atoms. The van der Waals surface area contributed by atoms with Crippen LogP contribution in [0.3, 0.4) is 0 Å². The van der Waals surface area contributed by atoms with Crippen LogP contribution < -0.4 is 5.32 Å². The van der Waals surface area contributed by atoms with Crippen LogP contribution in [0.15, 0.2) is 48.5 Å². The predicted molar refractivity (Wildman–Crippen MR) is 90.1 cm³/mol. The number of esters is 1. The summed E-state index contributed by atoms with van der Waals surface area (Å²) in [6.07, 6.45) is -0.261. The number of amides is 1. The van der Waals surface area contributed by atoms with Gasteiger partial charge in [0.1, 0.15) is 5.82 Å². The van der Waals surface area contributed by atoms with Crippen molar-refractivity contribution < 1.29 is 18.7 Å². The summed E-state index contributed by atoms with van der Waals surface area (Å²) in [6.45, 7) is 3.53. The fourth-order valence-electron chi connectivity index (χ4n) is 2.16. The third-order valence-corrected chi connectivity index (χ3v) is 3.60. The molecular formula is C19H20FNO3. The minimum absolute atomic E-state index is 0.213. The molecule has 2 aromatic carbocycles. The Hall–Kier alpha value is -2.69. The van der Waals surface area contributed by atoms with Gasteiger partial charge in [-0.1, -0.05) is 37.3 Å². The molecule has 2 rings (SSSR count). The number of anilines is 1. The highest BCUT2D eigenvalue weighted by Crippen LogP contribution is 2.12. The highest BCUT2D eigenvalue weighted by atomic mass is 19.1. The molecule has 0 radical (unpaired) electrons. The second-order valence-corrected chi connectivity index (χ2v) is 5.44. The minimum atomic E-state index is -0.963. The molecule has 0 unspecified atom stereocenters. The van der Waals surface area contributed by atoms with Crippen molar-refractivity contribution in [3.05, 3.63) is 65.5 Å². The van der Waals surface area contributed by atoms with E-state index in [1.165, 1.54) is 19.1 Å². The van der Waals surface area contributed by atoms with Crippen LogP contribution in [0.1, 0.15) is 25.0 Å². The molecule has 0 bridgehead atoms. The molecule has 0 saturated carbocycles. The molecular weight excluding hydrogens is 309 g/mol. The maximum atomic E-state index is 13.5. The first-order valence-corrected chi connectivity index (χ1v) is 7.82. The fourth-order valence-corrected chi connectivity index (χ4v) is 2.16. The molecule has 4 nitrogen and oxygen atoms in total. The number of aryl methyl sites for hydroxylation is 1. The number of benzene rings is 2. The first kappa shape index (κ1) is 17.7. The van der Waals surface area contributed by atoms with Crippen molar-refractivity contribution in [1.29, 1.82) is 0 Å². The normalized spacial score (nSPS) is 11.6. The Bertz CT molecular complexity index is 713. The SMILES string of the molecule is CCc1ccc(NC(=O)[C@H](C)OC(=O)Cc2ccccc2F)cc1. The van der Waals surface area contributed by atoms with Gasteiger partial charge in [-0.2, -0.15) is 0 Å². The largest absolute Gasteiger partial charge is 0.452 e. The lowest BCUT2D eigenvalue weighted by atomic mass is 10.1. The second-order valence-electron chi connectivity index (χ2n) is 5.44. The van der Waals surface area contributed by atoms with E-state index < -0.39 is 23.8 Å². The lowest BCUT2D eigenvalue weighted by Crippen LogP contribution is -2.30. The highest BCUT2D eigenvalue weighted by Gasteiger charge is 2.19. The fraction of sp³-hybridized carbons (Fsp3) is 0.263. The average Bonchev–Trinajstić information content (AvgIpc) is 2.57. The summed E-state index contributed by atoms with van der Waals surface area (Å²) < 4.78 is 18.6. The van der Waals surface area contributed by atoms with E-state index in [2.05, 4.69) is 5.32 Å². The quantitative estimate of drug-likeness (QED) is 0.825. The van der Waals surface area contributed by atoms with Gasteiger partial charge in [0.25, 0.3) is 5.91 Å². The number of carbonyl (C=O) groups is 2. The number of ether oxygens (including phenoxy) is 1. The summed E-state index contributed by atoms with van der Waals surface area (Å²) in [5.74, 6) is -1.55. The van der Waals surface area contributed by atoms with E-state index in [0.717, 1.165) is 12.0 Å². The highest BCUT2D eigenvalue weighted by molar-refractivity contribution is 5.95. The smallest absolute Gasteiger partial charge is 0.311 e. The molecule has 0 heterocycles. The summed E-state index contributed by atoms with van der Waals surface area (Å²) in [5, 5.41) is 2.68. The van der Waals surface area contributed by atoms with Crippen LogP contribution in [0.4, 0.5) is 10.1 Å². The van der Waals surface area contributed by atoms with E-state index in [-0.39, 0.29) is 12.0 Å². The van der Waals surface area contributed by atoms with Crippen LogP contribution in [0, 0.1) is 5.82 Å². The Morgan fingerprint density at radius 3 is 2.42 bits per heavy atom. The predicted octanol–water partition coefficient (Wildman–Crippen LogP) is 3.50. The van der Waals surface area contributed by atoms with Gasteiger partial charge in [0.15, 0.2) is 6.10 Å². The van der Waals surface area contributed by atoms with Gasteiger partial charge in [0, 0.05) is 5.69 Å². The van der Waals surface area contributed by atoms with Gasteiger partial charge >= 0.3 is 5.97 Å². The van der Waals surface area contributed by atoms with Crippen molar-refractivity contribution in [1.82, 2.24) is 0 Å². The second kappa shape index (κ2) is 8.24. The van der Waals surface area contributed by atoms with E-state index in [9.17, 15) is 14.0 Å². The zero-order valence-electron chi connectivity index (χ0n) is 13.7. The molecule has 0 spiro atoms. The van der Waals surface area contributed by atoms with E-state index in [1.807, 2.05) is 19.1 Å². The molecule has 126 valence electrons. The van der Waals surface area contributed by atoms with E-state index in [1.54, 1.807) is 24.3 Å². The molecule has 0 saturated heterocycles. The molecule has 0 fully saturated rings. The molecule has 0 aromatic heterocycles. The van der Waals surface area contributed by atoms with Crippen LogP contribution in [-0.4, -0.2) is 18.0 Å². The first-order valence-electron chi connectivity index (χ1n) is 7.82. The lowest BCUT2D eigenvalue weighted by Gasteiger charge is -2.14. The monoisotopic (exact) mass is 329 g/mol. The lowest BCUT2D eigenvalue weighted by molar-refractivity contribution is -0.152. The van der Waals surface area contributed by atoms with Crippen molar-refractivity contribution in [2.24, 2.45) is 0 Å². The van der Waals surface area contributed by atoms with Crippen molar-refractivity contribution >= 4 is 17.6 Å². The van der Waals surface area contributed by atoms with Gasteiger partial charge < -0.3 is 10.1 Å². The Morgan fingerprint density at radius 1 is 1.12 bits per heavy atom. The van der Waals surface area contributed by atoms with E-state index in [4.69, 9.17) is 4.74 Å². The number of rotatable bonds is 6. The standard InChI is InChI=1S/C19H20FNO3/c1-3-14-8-10-16(11-9-14)21-19(23)13(2)24-18(22)12-15-6-4-5-7-17(15)20/h4-11,13H,3,12H2,1-2H3,(H,21,23)/t13-/m0/s1. The molecule has 5 heteroatoms. The van der Waals surface area contributed by atoms with Gasteiger partial charge in [-0.25, -0.2) is 4.39 Å². The minimum Gasteiger partial charge on any atom is -0.452 e. The number of hydrogen-bond acceptors (Lipinski definition) is 3. The number of carbonyl (C=O) groups excluding carboxylic acids is 2. The summed E-state index contributed by atoms with van der Waals surface area (Å²) in [4.78, 5) is 23.9. The zero-order valence-corrected chi connectivity index (χ0v) is 13.7. The molecule has 1 atom stereocenters. The first-order chi connectivity index (χ1) is 11.5. The molecule has 1 N–H and O–H groups in total. The van der Waals surface area contributed by atoms with Gasteiger partial charge in [0.05, 0.1) is 6.42 Å². The average molecular weight is 329 g/mol. The van der Waals surface area contributed by atoms with Crippen LogP contribution in [0.2, 0.25) is 0 Å². The number of hydrogen-bond donors (Lipinski definition) is 1. The zero-order chi connectivity index (χ0) is 17.5. The van der Waals surface area contributed by atoms with Gasteiger partial charge in [0.2, 0.25) is 0 Å². The third kappa shape index (κ3) is 4.91. The van der Waals surface area contributed by atoms with Crippen molar-refractivity contribution in [3.8, 4) is 0 Å². The maximum absolute atomic E-state index is 13.5. The van der Waals surface area contributed by atoms with Crippen LogP contribution in [0.25, 0.3) is 0 Å². The molecule has 1 amide bonds. The Labute approximate surface area is 140 Å². The maximum Gasteiger partial charge on any atom is 0.311 e. The topological polar surface area (TPSA) is 55.4 Å². The summed E-state index contributed by atoms with van der Waals surface area (Å²) >= 11 is 0. The molecule has 0 aliphatic carbocycles. The Morgan fingerprint density at radius 2 is 1.79 bits per heavy atom. The van der Waals surface area contributed by atoms with Gasteiger partial charge in [-0.15, -0.1) is 0 Å². The third-order valence-electron chi connectivity index (χ3n) is 3.60. The van der Waals surface area contributed by atoms with Crippen LogP contribution in [-0.2, 0) is 27.2 Å². The summed E-state index contributed by atoms with van der Waals surface area (Å²) in [6, 6.07) is 13.4. The van der Waals surface area contributed by atoms with Crippen LogP contribution in [0.5, 0.6) is 0 Å². The Balaban J connectivity index is 1.88. The molecule has 0 aliphatic rings. The van der Waals surface area contributed by atoms with Gasteiger partial charge in [-0.3, -0.25) is 9.59 Å². The van der Waals surface area contributed by atoms with Gasteiger partial charge in [-0.05, 0) is 42.7 Å². The number of halogens is 1. The van der Waals surface area contributed by atoms with E-state index in [0.29, 0.717) is 5.69 Å². The van der Waals surface area contributed by atoms with Crippen molar-refractivity contribution in [2.45, 2.75) is 32.8 Å². The Kier molecular flexibility index (Phi) is 6.07. The van der Waals surface area contributed by atoms with Crippen molar-refractivity contribution in [3.63, 3.8) is 0 Å². The van der Waals surface area contributed by atoms with E-state index >= 15 is 0 Å². The molecule has 0 aliphatic heterocycles.